The lowest BCUT2D eigenvalue weighted by Gasteiger charge is -2.08. The molecule has 1 saturated heterocycles. The lowest BCUT2D eigenvalue weighted by atomic mass is 10.2. The van der Waals surface area contributed by atoms with Crippen LogP contribution in [0.1, 0.15) is 30.3 Å². The molecular weight excluding hydrogens is 222 g/mol. The van der Waals surface area contributed by atoms with E-state index >= 15 is 0 Å². The summed E-state index contributed by atoms with van der Waals surface area (Å²) < 4.78 is 2.10. The van der Waals surface area contributed by atoms with Crippen LogP contribution in [0.15, 0.2) is 18.3 Å². The number of pyridine rings is 1. The van der Waals surface area contributed by atoms with E-state index in [-0.39, 0.29) is 0 Å². The van der Waals surface area contributed by atoms with Crippen LogP contribution in [0.3, 0.4) is 0 Å². The first-order valence-corrected chi connectivity index (χ1v) is 6.01. The molecule has 1 aliphatic rings. The second-order valence-electron chi connectivity index (χ2n) is 4.37. The van der Waals surface area contributed by atoms with E-state index in [4.69, 9.17) is 11.6 Å². The lowest BCUT2D eigenvalue weighted by Crippen LogP contribution is -2.15. The normalized spacial score (nSPS) is 20.8. The topological polar surface area (TPSA) is 29.3 Å². The van der Waals surface area contributed by atoms with Gasteiger partial charge in [0.25, 0.3) is 0 Å². The molecule has 0 radical (unpaired) electrons. The molecule has 1 atom stereocenters. The lowest BCUT2D eigenvalue weighted by molar-refractivity contribution is 0.602. The van der Waals surface area contributed by atoms with Gasteiger partial charge in [0.2, 0.25) is 0 Å². The molecule has 0 bridgehead atoms. The van der Waals surface area contributed by atoms with Gasteiger partial charge >= 0.3 is 0 Å². The highest BCUT2D eigenvalue weighted by Crippen LogP contribution is 2.27. The standard InChI is InChI=1S/C12H14ClN3/c1-8-4-6-16-10(7-8)11(13)15-12(16)9-3-2-5-14-9/h4,6-7,9,14H,2-3,5H2,1H3. The van der Waals surface area contributed by atoms with Crippen molar-refractivity contribution in [3.8, 4) is 0 Å². The van der Waals surface area contributed by atoms with E-state index in [0.717, 1.165) is 24.3 Å². The van der Waals surface area contributed by atoms with E-state index in [1.54, 1.807) is 0 Å². The second kappa shape index (κ2) is 3.75. The molecule has 0 amide bonds. The van der Waals surface area contributed by atoms with Crippen LogP contribution >= 0.6 is 11.6 Å². The molecule has 3 nitrogen and oxygen atoms in total. The summed E-state index contributed by atoms with van der Waals surface area (Å²) in [6.07, 6.45) is 4.41. The summed E-state index contributed by atoms with van der Waals surface area (Å²) in [7, 11) is 0. The Kier molecular flexibility index (Phi) is 2.37. The van der Waals surface area contributed by atoms with Gasteiger partial charge in [-0.25, -0.2) is 4.98 Å². The third kappa shape index (κ3) is 1.51. The Balaban J connectivity index is 2.18. The Morgan fingerprint density at radius 2 is 2.44 bits per heavy atom. The van der Waals surface area contributed by atoms with Gasteiger partial charge < -0.3 is 9.72 Å². The van der Waals surface area contributed by atoms with Gasteiger partial charge in [-0.1, -0.05) is 11.6 Å². The van der Waals surface area contributed by atoms with Gasteiger partial charge in [-0.05, 0) is 44.0 Å². The van der Waals surface area contributed by atoms with Crippen molar-refractivity contribution in [3.63, 3.8) is 0 Å². The Bertz CT molecular complexity index is 526. The zero-order chi connectivity index (χ0) is 11.1. The van der Waals surface area contributed by atoms with Crippen LogP contribution in [0.25, 0.3) is 5.52 Å². The summed E-state index contributed by atoms with van der Waals surface area (Å²) in [5.74, 6) is 1.04. The number of rotatable bonds is 1. The highest BCUT2D eigenvalue weighted by atomic mass is 35.5. The summed E-state index contributed by atoms with van der Waals surface area (Å²) in [5.41, 5.74) is 2.21. The minimum atomic E-state index is 0.350. The van der Waals surface area contributed by atoms with Crippen molar-refractivity contribution in [1.29, 1.82) is 0 Å². The van der Waals surface area contributed by atoms with Crippen LogP contribution in [-0.4, -0.2) is 15.9 Å². The summed E-state index contributed by atoms with van der Waals surface area (Å²) in [5, 5.41) is 4.06. The molecule has 2 aromatic rings. The number of nitrogens with one attached hydrogen (secondary N) is 1. The molecule has 0 saturated carbocycles. The molecule has 1 N–H and O–H groups in total. The minimum Gasteiger partial charge on any atom is -0.307 e. The van der Waals surface area contributed by atoms with Gasteiger partial charge in [-0.2, -0.15) is 0 Å². The smallest absolute Gasteiger partial charge is 0.155 e. The first-order chi connectivity index (χ1) is 7.75. The fourth-order valence-electron chi connectivity index (χ4n) is 2.33. The quantitative estimate of drug-likeness (QED) is 0.824. The zero-order valence-electron chi connectivity index (χ0n) is 9.20. The monoisotopic (exact) mass is 235 g/mol. The van der Waals surface area contributed by atoms with Crippen molar-refractivity contribution in [2.24, 2.45) is 0 Å². The van der Waals surface area contributed by atoms with E-state index < -0.39 is 0 Å². The molecular formula is C12H14ClN3. The molecule has 3 rings (SSSR count). The zero-order valence-corrected chi connectivity index (χ0v) is 9.96. The van der Waals surface area contributed by atoms with Crippen LogP contribution < -0.4 is 5.32 Å². The van der Waals surface area contributed by atoms with Crippen LogP contribution in [0.4, 0.5) is 0 Å². The first-order valence-electron chi connectivity index (χ1n) is 5.63. The summed E-state index contributed by atoms with van der Waals surface area (Å²) in [4.78, 5) is 4.48. The van der Waals surface area contributed by atoms with Crippen molar-refractivity contribution < 1.29 is 0 Å². The number of nitrogens with zero attached hydrogens (tertiary/aromatic N) is 2. The van der Waals surface area contributed by atoms with Crippen molar-refractivity contribution in [2.45, 2.75) is 25.8 Å². The summed E-state index contributed by atoms with van der Waals surface area (Å²) in [6, 6.07) is 4.51. The number of imidazole rings is 1. The van der Waals surface area contributed by atoms with Crippen molar-refractivity contribution in [3.05, 3.63) is 34.9 Å². The van der Waals surface area contributed by atoms with E-state index in [1.807, 2.05) is 0 Å². The summed E-state index contributed by atoms with van der Waals surface area (Å²) >= 11 is 6.17. The highest BCUT2D eigenvalue weighted by molar-refractivity contribution is 6.32. The van der Waals surface area contributed by atoms with E-state index in [2.05, 4.69) is 40.0 Å². The Morgan fingerprint density at radius 1 is 1.56 bits per heavy atom. The predicted octanol–water partition coefficient (Wildman–Crippen LogP) is 2.72. The molecule has 0 aliphatic carbocycles. The molecule has 1 unspecified atom stereocenters. The average molecular weight is 236 g/mol. The number of halogens is 1. The highest BCUT2D eigenvalue weighted by Gasteiger charge is 2.22. The van der Waals surface area contributed by atoms with Gasteiger partial charge in [0, 0.05) is 6.20 Å². The van der Waals surface area contributed by atoms with Crippen LogP contribution in [0.5, 0.6) is 0 Å². The van der Waals surface area contributed by atoms with E-state index in [1.165, 1.54) is 12.0 Å². The predicted molar refractivity (Wildman–Crippen MR) is 64.9 cm³/mol. The maximum absolute atomic E-state index is 6.17. The van der Waals surface area contributed by atoms with Crippen LogP contribution in [0, 0.1) is 6.92 Å². The fraction of sp³-hybridized carbons (Fsp3) is 0.417. The van der Waals surface area contributed by atoms with Gasteiger partial charge in [-0.3, -0.25) is 0 Å². The maximum Gasteiger partial charge on any atom is 0.155 e. The minimum absolute atomic E-state index is 0.350. The molecule has 0 aromatic carbocycles. The number of fused-ring (bicyclic) bond motifs is 1. The van der Waals surface area contributed by atoms with Gasteiger partial charge in [0.15, 0.2) is 5.15 Å². The van der Waals surface area contributed by atoms with Crippen molar-refractivity contribution in [2.75, 3.05) is 6.54 Å². The fourth-order valence-corrected chi connectivity index (χ4v) is 2.56. The number of hydrogen-bond acceptors (Lipinski definition) is 2. The van der Waals surface area contributed by atoms with Gasteiger partial charge in [0.1, 0.15) is 5.82 Å². The molecule has 4 heteroatoms. The largest absolute Gasteiger partial charge is 0.307 e. The van der Waals surface area contributed by atoms with Crippen LogP contribution in [0.2, 0.25) is 5.15 Å². The average Bonchev–Trinajstić information content (AvgIpc) is 2.87. The van der Waals surface area contributed by atoms with Crippen molar-refractivity contribution in [1.82, 2.24) is 14.7 Å². The van der Waals surface area contributed by atoms with Crippen molar-refractivity contribution >= 4 is 17.1 Å². The second-order valence-corrected chi connectivity index (χ2v) is 4.73. The maximum atomic E-state index is 6.17. The Labute approximate surface area is 99.4 Å². The Morgan fingerprint density at radius 3 is 3.19 bits per heavy atom. The Hall–Kier alpha value is -1.06. The van der Waals surface area contributed by atoms with Gasteiger partial charge in [0.05, 0.1) is 11.6 Å². The molecule has 3 heterocycles. The molecule has 1 aliphatic heterocycles. The third-order valence-corrected chi connectivity index (χ3v) is 3.43. The molecule has 0 spiro atoms. The third-order valence-electron chi connectivity index (χ3n) is 3.15. The van der Waals surface area contributed by atoms with Gasteiger partial charge in [-0.15, -0.1) is 0 Å². The molecule has 2 aromatic heterocycles. The first kappa shape index (κ1) is 10.1. The molecule has 84 valence electrons. The SMILES string of the molecule is Cc1ccn2c(C3CCCN3)nc(Cl)c2c1. The number of aromatic nitrogens is 2. The number of aryl methyl sites for hydroxylation is 1. The summed E-state index contributed by atoms with van der Waals surface area (Å²) in [6.45, 7) is 3.14. The number of hydrogen-bond donors (Lipinski definition) is 1. The van der Waals surface area contributed by atoms with E-state index in [9.17, 15) is 0 Å². The molecule has 16 heavy (non-hydrogen) atoms. The molecule has 1 fully saturated rings. The van der Waals surface area contributed by atoms with E-state index in [0.29, 0.717) is 11.2 Å². The van der Waals surface area contributed by atoms with Crippen LogP contribution in [-0.2, 0) is 0 Å².